The fourth-order valence-corrected chi connectivity index (χ4v) is 3.72. The van der Waals surface area contributed by atoms with E-state index in [4.69, 9.17) is 4.74 Å². The van der Waals surface area contributed by atoms with Gasteiger partial charge in [0.2, 0.25) is 5.95 Å². The summed E-state index contributed by atoms with van der Waals surface area (Å²) in [4.78, 5) is 35.0. The molecule has 0 bridgehead atoms. The zero-order valence-electron chi connectivity index (χ0n) is 17.0. The molecule has 9 nitrogen and oxygen atoms in total. The third-order valence-corrected chi connectivity index (χ3v) is 5.23. The van der Waals surface area contributed by atoms with Crippen molar-refractivity contribution >= 4 is 28.6 Å². The molecule has 1 fully saturated rings. The van der Waals surface area contributed by atoms with Crippen LogP contribution in [0.25, 0.3) is 11.0 Å². The number of carbonyl (C=O) groups is 1. The number of aromatic amines is 1. The van der Waals surface area contributed by atoms with Crippen LogP contribution in [0.15, 0.2) is 36.4 Å². The Morgan fingerprint density at radius 3 is 2.87 bits per heavy atom. The molecule has 0 spiro atoms. The molecule has 0 aliphatic carbocycles. The van der Waals surface area contributed by atoms with E-state index in [1.54, 1.807) is 24.0 Å². The second kappa shape index (κ2) is 8.58. The predicted octanol–water partition coefficient (Wildman–Crippen LogP) is 3.36. The van der Waals surface area contributed by atoms with Gasteiger partial charge in [0.25, 0.3) is 11.6 Å². The van der Waals surface area contributed by atoms with Gasteiger partial charge in [0.1, 0.15) is 0 Å². The van der Waals surface area contributed by atoms with Crippen LogP contribution in [-0.2, 0) is 0 Å². The summed E-state index contributed by atoms with van der Waals surface area (Å²) >= 11 is 0. The van der Waals surface area contributed by atoms with Gasteiger partial charge in [0, 0.05) is 38.3 Å². The maximum atomic E-state index is 14.1. The fourth-order valence-electron chi connectivity index (χ4n) is 3.72. The molecule has 2 heterocycles. The third-order valence-electron chi connectivity index (χ3n) is 5.23. The Labute approximate surface area is 177 Å². The highest BCUT2D eigenvalue weighted by atomic mass is 19.1. The predicted molar refractivity (Wildman–Crippen MR) is 113 cm³/mol. The van der Waals surface area contributed by atoms with Crippen LogP contribution in [0.4, 0.5) is 16.0 Å². The Bertz CT molecular complexity index is 1130. The minimum absolute atomic E-state index is 0.00414. The van der Waals surface area contributed by atoms with Crippen molar-refractivity contribution in [1.29, 1.82) is 0 Å². The number of fused-ring (bicyclic) bond motifs is 1. The summed E-state index contributed by atoms with van der Waals surface area (Å²) in [7, 11) is 0. The van der Waals surface area contributed by atoms with Gasteiger partial charge in [-0.1, -0.05) is 6.07 Å². The van der Waals surface area contributed by atoms with E-state index in [0.29, 0.717) is 49.6 Å². The fraction of sp³-hybridized carbons (Fsp3) is 0.333. The second-order valence-corrected chi connectivity index (χ2v) is 7.20. The first-order valence-corrected chi connectivity index (χ1v) is 10.1. The Morgan fingerprint density at radius 2 is 2.10 bits per heavy atom. The standard InChI is InChI=1S/C21H22FN5O4/c1-2-31-19-15(5-3-6-16(19)22)20(28)25-9-4-10-26(12-11-25)21-23-17-8-7-14(27(29)30)13-18(17)24-21/h3,5-8,13H,2,4,9-12H2,1H3,(H,23,24). The van der Waals surface area contributed by atoms with Gasteiger partial charge in [-0.05, 0) is 31.5 Å². The van der Waals surface area contributed by atoms with Gasteiger partial charge in [-0.3, -0.25) is 14.9 Å². The third kappa shape index (κ3) is 4.14. The van der Waals surface area contributed by atoms with Gasteiger partial charge in [-0.15, -0.1) is 0 Å². The number of nitro groups is 1. The summed E-state index contributed by atoms with van der Waals surface area (Å²) in [5, 5.41) is 11.0. The van der Waals surface area contributed by atoms with Gasteiger partial charge in [-0.25, -0.2) is 9.37 Å². The molecule has 1 saturated heterocycles. The summed E-state index contributed by atoms with van der Waals surface area (Å²) in [6.45, 7) is 4.13. The van der Waals surface area contributed by atoms with Crippen molar-refractivity contribution in [2.45, 2.75) is 13.3 Å². The number of halogens is 1. The second-order valence-electron chi connectivity index (χ2n) is 7.20. The number of hydrogen-bond acceptors (Lipinski definition) is 6. The first kappa shape index (κ1) is 20.6. The number of non-ortho nitro benzene ring substituents is 1. The number of nitro benzene ring substituents is 1. The summed E-state index contributed by atoms with van der Waals surface area (Å²) in [6.07, 6.45) is 0.697. The number of H-pyrrole nitrogens is 1. The van der Waals surface area contributed by atoms with Crippen LogP contribution in [0.2, 0.25) is 0 Å². The van der Waals surface area contributed by atoms with Gasteiger partial charge in [0.15, 0.2) is 11.6 Å². The number of nitrogens with one attached hydrogen (secondary N) is 1. The van der Waals surface area contributed by atoms with Crippen molar-refractivity contribution in [3.63, 3.8) is 0 Å². The minimum Gasteiger partial charge on any atom is -0.490 e. The van der Waals surface area contributed by atoms with Gasteiger partial charge in [-0.2, -0.15) is 0 Å². The molecule has 0 saturated carbocycles. The molecule has 1 aliphatic heterocycles. The van der Waals surface area contributed by atoms with Crippen LogP contribution < -0.4 is 9.64 Å². The van der Waals surface area contributed by atoms with Crippen molar-refractivity contribution in [3.05, 3.63) is 57.9 Å². The molecule has 31 heavy (non-hydrogen) atoms. The highest BCUT2D eigenvalue weighted by molar-refractivity contribution is 5.97. The highest BCUT2D eigenvalue weighted by Crippen LogP contribution is 2.26. The van der Waals surface area contributed by atoms with Crippen LogP contribution in [-0.4, -0.2) is 58.5 Å². The van der Waals surface area contributed by atoms with Crippen molar-refractivity contribution < 1.29 is 18.8 Å². The van der Waals surface area contributed by atoms with E-state index in [0.717, 1.165) is 0 Å². The molecule has 0 radical (unpaired) electrons. The largest absolute Gasteiger partial charge is 0.490 e. The monoisotopic (exact) mass is 427 g/mol. The number of ether oxygens (including phenoxy) is 1. The van der Waals surface area contributed by atoms with E-state index in [9.17, 15) is 19.3 Å². The molecule has 1 aliphatic rings. The number of aromatic nitrogens is 2. The van der Waals surface area contributed by atoms with Crippen molar-refractivity contribution in [1.82, 2.24) is 14.9 Å². The van der Waals surface area contributed by atoms with E-state index in [1.807, 2.05) is 4.90 Å². The molecule has 10 heteroatoms. The van der Waals surface area contributed by atoms with Crippen molar-refractivity contribution in [3.8, 4) is 5.75 Å². The average Bonchev–Trinajstić information content (AvgIpc) is 3.03. The molecular weight excluding hydrogens is 405 g/mol. The lowest BCUT2D eigenvalue weighted by Crippen LogP contribution is -2.35. The first-order chi connectivity index (χ1) is 15.0. The SMILES string of the molecule is CCOc1c(F)cccc1C(=O)N1CCCN(c2nc3ccc([N+](=O)[O-])cc3[nH]2)CC1. The number of para-hydroxylation sites is 1. The number of imidazole rings is 1. The molecule has 162 valence electrons. The topological polar surface area (TPSA) is 105 Å². The van der Waals surface area contributed by atoms with E-state index in [1.165, 1.54) is 24.3 Å². The Hall–Kier alpha value is -3.69. The van der Waals surface area contributed by atoms with Crippen LogP contribution in [0.5, 0.6) is 5.75 Å². The maximum Gasteiger partial charge on any atom is 0.271 e. The summed E-state index contributed by atoms with van der Waals surface area (Å²) in [5.41, 5.74) is 1.43. The molecule has 1 N–H and O–H groups in total. The van der Waals surface area contributed by atoms with Crippen molar-refractivity contribution in [2.75, 3.05) is 37.7 Å². The van der Waals surface area contributed by atoms with Crippen LogP contribution in [0.3, 0.4) is 0 Å². The molecular formula is C21H22FN5O4. The van der Waals surface area contributed by atoms with E-state index < -0.39 is 10.7 Å². The number of rotatable bonds is 5. The summed E-state index contributed by atoms with van der Waals surface area (Å²) < 4.78 is 19.5. The number of nitrogens with zero attached hydrogens (tertiary/aromatic N) is 4. The zero-order valence-corrected chi connectivity index (χ0v) is 17.0. The van der Waals surface area contributed by atoms with Crippen LogP contribution >= 0.6 is 0 Å². The Balaban J connectivity index is 1.51. The lowest BCUT2D eigenvalue weighted by atomic mass is 10.1. The Kier molecular flexibility index (Phi) is 5.70. The van der Waals surface area contributed by atoms with Crippen LogP contribution in [0.1, 0.15) is 23.7 Å². The molecule has 1 aromatic heterocycles. The molecule has 3 aromatic rings. The normalized spacial score (nSPS) is 14.5. The maximum absolute atomic E-state index is 14.1. The average molecular weight is 427 g/mol. The number of hydrogen-bond donors (Lipinski definition) is 1. The first-order valence-electron chi connectivity index (χ1n) is 10.1. The van der Waals surface area contributed by atoms with E-state index in [-0.39, 0.29) is 29.5 Å². The Morgan fingerprint density at radius 1 is 1.26 bits per heavy atom. The molecule has 1 amide bonds. The summed E-state index contributed by atoms with van der Waals surface area (Å²) in [6, 6.07) is 8.84. The van der Waals surface area contributed by atoms with Gasteiger partial charge >= 0.3 is 0 Å². The quantitative estimate of drug-likeness (QED) is 0.495. The smallest absolute Gasteiger partial charge is 0.271 e. The molecule has 2 aromatic carbocycles. The zero-order chi connectivity index (χ0) is 22.0. The van der Waals surface area contributed by atoms with E-state index >= 15 is 0 Å². The van der Waals surface area contributed by atoms with Crippen molar-refractivity contribution in [2.24, 2.45) is 0 Å². The number of amides is 1. The number of anilines is 1. The van der Waals surface area contributed by atoms with E-state index in [2.05, 4.69) is 9.97 Å². The molecule has 0 atom stereocenters. The minimum atomic E-state index is -0.555. The van der Waals surface area contributed by atoms with Gasteiger partial charge < -0.3 is 19.5 Å². The number of benzene rings is 2. The lowest BCUT2D eigenvalue weighted by molar-refractivity contribution is -0.384. The molecule has 4 rings (SSSR count). The van der Waals surface area contributed by atoms with Gasteiger partial charge in [0.05, 0.1) is 28.1 Å². The lowest BCUT2D eigenvalue weighted by Gasteiger charge is -2.23. The van der Waals surface area contributed by atoms with Crippen LogP contribution in [0, 0.1) is 15.9 Å². The molecule has 0 unspecified atom stereocenters. The number of carbonyl (C=O) groups excluding carboxylic acids is 1. The summed E-state index contributed by atoms with van der Waals surface area (Å²) in [5.74, 6) is -0.244. The highest BCUT2D eigenvalue weighted by Gasteiger charge is 2.25.